The first-order valence-electron chi connectivity index (χ1n) is 8.93. The number of hydrogen-bond donors (Lipinski definition) is 2. The second-order valence-electron chi connectivity index (χ2n) is 7.28. The molecule has 2 aromatic rings. The fourth-order valence-corrected chi connectivity index (χ4v) is 7.29. The van der Waals surface area contributed by atoms with Gasteiger partial charge in [0, 0.05) is 6.42 Å². The molecule has 2 aromatic carbocycles. The van der Waals surface area contributed by atoms with Gasteiger partial charge < -0.3 is 9.90 Å². The van der Waals surface area contributed by atoms with Gasteiger partial charge in [-0.2, -0.15) is 0 Å². The number of carboxylic acids is 1. The summed E-state index contributed by atoms with van der Waals surface area (Å²) in [5.41, 5.74) is 0. The molecule has 0 aliphatic rings. The maximum atomic E-state index is 12.0. The lowest BCUT2D eigenvalue weighted by molar-refractivity contribution is -0.137. The van der Waals surface area contributed by atoms with E-state index in [4.69, 9.17) is 5.11 Å². The van der Waals surface area contributed by atoms with Gasteiger partial charge in [0.15, 0.2) is 0 Å². The van der Waals surface area contributed by atoms with E-state index in [0.717, 1.165) is 29.6 Å². The highest BCUT2D eigenvalue weighted by Gasteiger charge is 2.49. The third kappa shape index (κ3) is 4.59. The first kappa shape index (κ1) is 19.4. The maximum Gasteiger partial charge on any atom is 0.303 e. The molecule has 0 atom stereocenters. The van der Waals surface area contributed by atoms with E-state index in [1.165, 1.54) is 0 Å². The summed E-state index contributed by atoms with van der Waals surface area (Å²) in [4.78, 5) is 22.6. The van der Waals surface area contributed by atoms with Crippen molar-refractivity contribution in [2.24, 2.45) is 0 Å². The van der Waals surface area contributed by atoms with Crippen molar-refractivity contribution in [2.45, 2.75) is 51.0 Å². The van der Waals surface area contributed by atoms with Gasteiger partial charge in [-0.05, 0) is 28.3 Å². The van der Waals surface area contributed by atoms with E-state index in [0.29, 0.717) is 6.42 Å². The van der Waals surface area contributed by atoms with Gasteiger partial charge in [-0.15, -0.1) is 0 Å². The van der Waals surface area contributed by atoms with Gasteiger partial charge in [0.05, 0.1) is 0 Å². The first-order valence-corrected chi connectivity index (χ1v) is 10.9. The monoisotopic (exact) mass is 356 g/mol. The van der Waals surface area contributed by atoms with Crippen molar-refractivity contribution in [1.82, 2.24) is 0 Å². The van der Waals surface area contributed by atoms with Crippen LogP contribution in [0.5, 0.6) is 0 Å². The highest BCUT2D eigenvalue weighted by molar-refractivity contribution is 6.98. The molecule has 4 heteroatoms. The molecule has 0 saturated carbocycles. The molecule has 0 bridgehead atoms. The average molecular weight is 357 g/mol. The molecule has 0 unspecified atom stereocenters. The summed E-state index contributed by atoms with van der Waals surface area (Å²) in [6.07, 6.45) is 3.60. The van der Waals surface area contributed by atoms with Crippen molar-refractivity contribution in [3.63, 3.8) is 0 Å². The Bertz CT molecular complexity index is 629. The number of aliphatic carboxylic acids is 1. The summed E-state index contributed by atoms with van der Waals surface area (Å²) in [5.74, 6) is -0.737. The topological polar surface area (TPSA) is 57.5 Å². The van der Waals surface area contributed by atoms with Crippen molar-refractivity contribution in [3.05, 3.63) is 60.7 Å². The van der Waals surface area contributed by atoms with E-state index in [1.54, 1.807) is 0 Å². The summed E-state index contributed by atoms with van der Waals surface area (Å²) >= 11 is 0. The Hall–Kier alpha value is -1.91. The summed E-state index contributed by atoms with van der Waals surface area (Å²) in [5, 5.41) is 10.6. The van der Waals surface area contributed by atoms with Crippen molar-refractivity contribution in [1.29, 1.82) is 0 Å². The van der Waals surface area contributed by atoms with Gasteiger partial charge in [0.25, 0.3) is 8.32 Å². The quantitative estimate of drug-likeness (QED) is 0.533. The Labute approximate surface area is 151 Å². The Morgan fingerprint density at radius 2 is 1.36 bits per heavy atom. The van der Waals surface area contributed by atoms with Crippen LogP contribution in [0.1, 0.15) is 46.0 Å². The van der Waals surface area contributed by atoms with Gasteiger partial charge in [0.1, 0.15) is 0 Å². The highest BCUT2D eigenvalue weighted by atomic mass is 28.4. The standard InChI is InChI=1S/C21H28O3Si/c1-21(2,17-11-5-10-16-20(22)23)25(24,18-12-6-3-7-13-18)19-14-8-4-9-15-19/h3-4,6-9,12-15,24H,5,10-11,16-17H2,1-2H3,(H,22,23). The van der Waals surface area contributed by atoms with Crippen LogP contribution < -0.4 is 10.4 Å². The molecule has 0 aliphatic heterocycles. The molecule has 25 heavy (non-hydrogen) atoms. The third-order valence-corrected chi connectivity index (χ3v) is 9.60. The van der Waals surface area contributed by atoms with Gasteiger partial charge in [-0.1, -0.05) is 87.4 Å². The lowest BCUT2D eigenvalue weighted by Crippen LogP contribution is -2.65. The Kier molecular flexibility index (Phi) is 6.56. The fourth-order valence-electron chi connectivity index (χ4n) is 3.51. The van der Waals surface area contributed by atoms with Crippen LogP contribution in [0.4, 0.5) is 0 Å². The molecule has 0 saturated heterocycles. The van der Waals surface area contributed by atoms with Crippen LogP contribution in [-0.4, -0.2) is 24.2 Å². The summed E-state index contributed by atoms with van der Waals surface area (Å²) in [6.45, 7) is 4.30. The van der Waals surface area contributed by atoms with E-state index < -0.39 is 14.3 Å². The van der Waals surface area contributed by atoms with Crippen molar-refractivity contribution < 1.29 is 14.7 Å². The average Bonchev–Trinajstić information content (AvgIpc) is 2.61. The van der Waals surface area contributed by atoms with Gasteiger partial charge in [-0.25, -0.2) is 0 Å². The van der Waals surface area contributed by atoms with Crippen LogP contribution in [0.3, 0.4) is 0 Å². The minimum Gasteiger partial charge on any atom is -0.481 e. The summed E-state index contributed by atoms with van der Waals surface area (Å²) in [6, 6.07) is 20.0. The molecule has 0 aliphatic carbocycles. The number of carboxylic acid groups (broad SMARTS) is 1. The summed E-state index contributed by atoms with van der Waals surface area (Å²) < 4.78 is 0. The Morgan fingerprint density at radius 3 is 1.80 bits per heavy atom. The first-order chi connectivity index (χ1) is 11.9. The molecule has 0 fully saturated rings. The second kappa shape index (κ2) is 8.45. The molecule has 0 aromatic heterocycles. The van der Waals surface area contributed by atoms with E-state index in [-0.39, 0.29) is 11.5 Å². The normalized spacial score (nSPS) is 12.1. The molecule has 2 N–H and O–H groups in total. The molecule has 0 amide bonds. The van der Waals surface area contributed by atoms with E-state index in [2.05, 4.69) is 13.8 Å². The lowest BCUT2D eigenvalue weighted by Gasteiger charge is -2.41. The minimum absolute atomic E-state index is 0.222. The zero-order chi connectivity index (χ0) is 18.3. The Morgan fingerprint density at radius 1 is 0.880 bits per heavy atom. The number of unbranched alkanes of at least 4 members (excludes halogenated alkanes) is 2. The molecule has 0 heterocycles. The van der Waals surface area contributed by atoms with Gasteiger partial charge >= 0.3 is 5.97 Å². The number of hydrogen-bond acceptors (Lipinski definition) is 2. The predicted molar refractivity (Wildman–Crippen MR) is 105 cm³/mol. The lowest BCUT2D eigenvalue weighted by atomic mass is 10.0. The molecular formula is C21H28O3Si. The van der Waals surface area contributed by atoms with Gasteiger partial charge in [-0.3, -0.25) is 4.79 Å². The Balaban J connectivity index is 2.24. The molecular weight excluding hydrogens is 328 g/mol. The van der Waals surface area contributed by atoms with Crippen molar-refractivity contribution in [3.8, 4) is 0 Å². The van der Waals surface area contributed by atoms with Crippen molar-refractivity contribution >= 4 is 24.7 Å². The third-order valence-electron chi connectivity index (χ3n) is 5.05. The maximum absolute atomic E-state index is 12.0. The number of rotatable bonds is 9. The van der Waals surface area contributed by atoms with Crippen LogP contribution in [0.25, 0.3) is 0 Å². The SMILES string of the molecule is CC(C)(CCCCCC(=O)O)[Si](O)(c1ccccc1)c1ccccc1. The van der Waals surface area contributed by atoms with Crippen LogP contribution in [0.2, 0.25) is 5.04 Å². The second-order valence-corrected chi connectivity index (χ2v) is 11.2. The van der Waals surface area contributed by atoms with Crippen LogP contribution in [0.15, 0.2) is 60.7 Å². The number of benzene rings is 2. The predicted octanol–water partition coefficient (Wildman–Crippen LogP) is 3.55. The van der Waals surface area contributed by atoms with Gasteiger partial charge in [0.2, 0.25) is 0 Å². The molecule has 134 valence electrons. The minimum atomic E-state index is -2.93. The van der Waals surface area contributed by atoms with Crippen LogP contribution in [0, 0.1) is 0 Å². The van der Waals surface area contributed by atoms with Crippen molar-refractivity contribution in [2.75, 3.05) is 0 Å². The zero-order valence-corrected chi connectivity index (χ0v) is 16.1. The molecule has 0 radical (unpaired) electrons. The van der Waals surface area contributed by atoms with Crippen LogP contribution >= 0.6 is 0 Å². The fraction of sp³-hybridized carbons (Fsp3) is 0.381. The van der Waals surface area contributed by atoms with Crippen LogP contribution in [-0.2, 0) is 4.79 Å². The highest BCUT2D eigenvalue weighted by Crippen LogP contribution is 2.40. The molecule has 0 spiro atoms. The number of carbonyl (C=O) groups is 1. The van der Waals surface area contributed by atoms with E-state index in [9.17, 15) is 9.59 Å². The molecule has 3 nitrogen and oxygen atoms in total. The zero-order valence-electron chi connectivity index (χ0n) is 15.1. The molecule has 2 rings (SSSR count). The van der Waals surface area contributed by atoms with E-state index in [1.807, 2.05) is 60.7 Å². The van der Waals surface area contributed by atoms with E-state index >= 15 is 0 Å². The summed E-state index contributed by atoms with van der Waals surface area (Å²) in [7, 11) is -2.93. The smallest absolute Gasteiger partial charge is 0.303 e. The largest absolute Gasteiger partial charge is 0.481 e.